The van der Waals surface area contributed by atoms with Gasteiger partial charge in [-0.05, 0) is 45.9 Å². The van der Waals surface area contributed by atoms with E-state index in [1.807, 2.05) is 0 Å². The van der Waals surface area contributed by atoms with Gasteiger partial charge in [0.1, 0.15) is 17.2 Å². The van der Waals surface area contributed by atoms with Crippen LogP contribution in [-0.4, -0.2) is 34.6 Å². The molecule has 1 unspecified atom stereocenters. The average molecular weight is 310 g/mol. The first-order valence-corrected chi connectivity index (χ1v) is 6.86. The van der Waals surface area contributed by atoms with Crippen LogP contribution in [0.3, 0.4) is 0 Å². The third-order valence-electron chi connectivity index (χ3n) is 2.69. The third kappa shape index (κ3) is 4.88. The van der Waals surface area contributed by atoms with Gasteiger partial charge in [0, 0.05) is 6.20 Å². The highest BCUT2D eigenvalue weighted by atomic mass is 16.6. The van der Waals surface area contributed by atoms with Crippen molar-refractivity contribution in [3.05, 3.63) is 24.0 Å². The molecule has 5 N–H and O–H groups in total. The number of rotatable bonds is 6. The van der Waals surface area contributed by atoms with E-state index < -0.39 is 29.3 Å². The second-order valence-corrected chi connectivity index (χ2v) is 5.77. The van der Waals surface area contributed by atoms with Gasteiger partial charge >= 0.3 is 5.97 Å². The Hall–Kier alpha value is -2.35. The van der Waals surface area contributed by atoms with Crippen molar-refractivity contribution < 1.29 is 19.1 Å². The second-order valence-electron chi connectivity index (χ2n) is 5.77. The summed E-state index contributed by atoms with van der Waals surface area (Å²) in [6, 6.07) is 3.00. The molecule has 0 saturated carbocycles. The van der Waals surface area contributed by atoms with Crippen LogP contribution in [-0.2, 0) is 14.3 Å². The topological polar surface area (TPSA) is 129 Å². The molecule has 0 fully saturated rings. The van der Waals surface area contributed by atoms with E-state index >= 15 is 0 Å². The number of aromatic nitrogens is 1. The summed E-state index contributed by atoms with van der Waals surface area (Å²) >= 11 is 0. The molecule has 8 nitrogen and oxygen atoms in total. The second kappa shape index (κ2) is 7.08. The summed E-state index contributed by atoms with van der Waals surface area (Å²) in [5.41, 5.74) is 12.5. The number of nitrogens with one attached hydrogen (secondary N) is 1. The molecule has 0 spiro atoms. The number of carbonyl (C=O) groups is 3. The Morgan fingerprint density at radius 2 is 2.00 bits per heavy atom. The fourth-order valence-electron chi connectivity index (χ4n) is 1.77. The Morgan fingerprint density at radius 1 is 1.36 bits per heavy atom. The number of ether oxygens (including phenoxy) is 1. The quantitative estimate of drug-likeness (QED) is 0.501. The lowest BCUT2D eigenvalue weighted by Gasteiger charge is -2.23. The average Bonchev–Trinajstić information content (AvgIpc) is 2.81. The van der Waals surface area contributed by atoms with Gasteiger partial charge in [0.15, 0.2) is 0 Å². The highest BCUT2D eigenvalue weighted by Gasteiger charge is 2.31. The van der Waals surface area contributed by atoms with Crippen molar-refractivity contribution in [3.63, 3.8) is 0 Å². The molecule has 0 bridgehead atoms. The fraction of sp³-hybridized carbons (Fsp3) is 0.500. The van der Waals surface area contributed by atoms with Crippen LogP contribution in [0.25, 0.3) is 0 Å². The normalized spacial score (nSPS) is 12.5. The maximum atomic E-state index is 12.3. The van der Waals surface area contributed by atoms with Gasteiger partial charge in [0.05, 0.1) is 0 Å². The lowest BCUT2D eigenvalue weighted by atomic mass is 10.0. The van der Waals surface area contributed by atoms with Crippen LogP contribution in [0.15, 0.2) is 18.3 Å². The van der Waals surface area contributed by atoms with Gasteiger partial charge in [-0.3, -0.25) is 24.5 Å². The summed E-state index contributed by atoms with van der Waals surface area (Å²) < 4.78 is 6.38. The zero-order valence-corrected chi connectivity index (χ0v) is 13.0. The van der Waals surface area contributed by atoms with Gasteiger partial charge in [-0.1, -0.05) is 0 Å². The highest BCUT2D eigenvalue weighted by Crippen LogP contribution is 2.14. The number of nitrogens with two attached hydrogens (primary N) is 2. The number of esters is 1. The minimum Gasteiger partial charge on any atom is -0.459 e. The zero-order chi connectivity index (χ0) is 16.9. The number of nitrogens with zero attached hydrogens (tertiary/aromatic N) is 1. The molecule has 0 radical (unpaired) electrons. The molecule has 0 aromatic carbocycles. The molecule has 0 aliphatic heterocycles. The number of hydrogen-bond donors (Lipinski definition) is 3. The van der Waals surface area contributed by atoms with Crippen LogP contribution in [0.2, 0.25) is 0 Å². The molecule has 1 rings (SSSR count). The van der Waals surface area contributed by atoms with Crippen LogP contribution in [0, 0.1) is 5.92 Å². The molecule has 0 aliphatic rings. The Balaban J connectivity index is 2.87. The van der Waals surface area contributed by atoms with Gasteiger partial charge < -0.3 is 16.2 Å². The molecule has 0 aliphatic carbocycles. The smallest absolute Gasteiger partial charge is 0.319 e. The van der Waals surface area contributed by atoms with E-state index in [4.69, 9.17) is 16.2 Å². The van der Waals surface area contributed by atoms with Crippen LogP contribution >= 0.6 is 0 Å². The van der Waals surface area contributed by atoms with Crippen LogP contribution < -0.4 is 16.9 Å². The minimum absolute atomic E-state index is 0.101. The van der Waals surface area contributed by atoms with E-state index in [1.54, 1.807) is 26.8 Å². The number of hydrogen-bond acceptors (Lipinski definition) is 5. The monoisotopic (exact) mass is 310 g/mol. The number of primary amides is 1. The first kappa shape index (κ1) is 17.7. The van der Waals surface area contributed by atoms with Crippen molar-refractivity contribution in [3.8, 4) is 0 Å². The zero-order valence-electron chi connectivity index (χ0n) is 13.0. The van der Waals surface area contributed by atoms with Crippen molar-refractivity contribution in [2.45, 2.75) is 32.8 Å². The van der Waals surface area contributed by atoms with Crippen molar-refractivity contribution in [1.29, 1.82) is 0 Å². The third-order valence-corrected chi connectivity index (χ3v) is 2.69. The van der Waals surface area contributed by atoms with Crippen LogP contribution in [0.5, 0.6) is 0 Å². The van der Waals surface area contributed by atoms with E-state index in [9.17, 15) is 14.4 Å². The van der Waals surface area contributed by atoms with E-state index in [0.717, 1.165) is 0 Å². The molecule has 2 amide bonds. The predicted octanol–water partition coefficient (Wildman–Crippen LogP) is -0.0362. The molecule has 122 valence electrons. The van der Waals surface area contributed by atoms with E-state index in [-0.39, 0.29) is 18.7 Å². The SMILES string of the molecule is CC(C)(C)OC(=O)C(CCN)C(=O)Nn1cccc1C(N)=O. The van der Waals surface area contributed by atoms with Gasteiger partial charge in [-0.2, -0.15) is 0 Å². The Kier molecular flexibility index (Phi) is 5.69. The maximum absolute atomic E-state index is 12.3. The molecule has 1 atom stereocenters. The first-order chi connectivity index (χ1) is 10.2. The molecule has 1 heterocycles. The van der Waals surface area contributed by atoms with Crippen molar-refractivity contribution in [2.24, 2.45) is 17.4 Å². The largest absolute Gasteiger partial charge is 0.459 e. The van der Waals surface area contributed by atoms with Crippen molar-refractivity contribution >= 4 is 17.8 Å². The van der Waals surface area contributed by atoms with Gasteiger partial charge in [0.25, 0.3) is 11.8 Å². The lowest BCUT2D eigenvalue weighted by molar-refractivity contribution is -0.161. The summed E-state index contributed by atoms with van der Waals surface area (Å²) in [5, 5.41) is 0. The van der Waals surface area contributed by atoms with E-state index in [1.165, 1.54) is 16.9 Å². The summed E-state index contributed by atoms with van der Waals surface area (Å²) in [7, 11) is 0. The molecule has 22 heavy (non-hydrogen) atoms. The molecular formula is C14H22N4O4. The number of amides is 2. The Bertz CT molecular complexity index is 559. The Labute approximate surface area is 128 Å². The molecule has 1 aromatic heterocycles. The van der Waals surface area contributed by atoms with Gasteiger partial charge in [0.2, 0.25) is 0 Å². The summed E-state index contributed by atoms with van der Waals surface area (Å²) in [6.07, 6.45) is 1.58. The summed E-state index contributed by atoms with van der Waals surface area (Å²) in [4.78, 5) is 35.6. The molecule has 0 saturated heterocycles. The van der Waals surface area contributed by atoms with E-state index in [2.05, 4.69) is 5.43 Å². The van der Waals surface area contributed by atoms with Gasteiger partial charge in [-0.25, -0.2) is 0 Å². The first-order valence-electron chi connectivity index (χ1n) is 6.86. The van der Waals surface area contributed by atoms with Gasteiger partial charge in [-0.15, -0.1) is 0 Å². The lowest BCUT2D eigenvalue weighted by Crippen LogP contribution is -2.40. The van der Waals surface area contributed by atoms with Crippen LogP contribution in [0.1, 0.15) is 37.7 Å². The molecule has 8 heteroatoms. The highest BCUT2D eigenvalue weighted by molar-refractivity contribution is 6.02. The van der Waals surface area contributed by atoms with Crippen molar-refractivity contribution in [2.75, 3.05) is 12.0 Å². The standard InChI is InChI=1S/C14H22N4O4/c1-14(2,3)22-13(21)9(6-7-15)12(20)17-18-8-4-5-10(18)11(16)19/h4-5,8-9H,6-7,15H2,1-3H3,(H2,16,19)(H,17,20). The van der Waals surface area contributed by atoms with E-state index in [0.29, 0.717) is 0 Å². The fourth-order valence-corrected chi connectivity index (χ4v) is 1.77. The maximum Gasteiger partial charge on any atom is 0.319 e. The minimum atomic E-state index is -1.06. The molecular weight excluding hydrogens is 288 g/mol. The predicted molar refractivity (Wildman–Crippen MR) is 80.3 cm³/mol. The summed E-state index contributed by atoms with van der Waals surface area (Å²) in [6.45, 7) is 5.27. The van der Waals surface area contributed by atoms with Crippen LogP contribution in [0.4, 0.5) is 0 Å². The molecule has 1 aromatic rings. The number of carbonyl (C=O) groups excluding carboxylic acids is 3. The van der Waals surface area contributed by atoms with Crippen molar-refractivity contribution in [1.82, 2.24) is 4.68 Å². The Morgan fingerprint density at radius 3 is 2.50 bits per heavy atom. The summed E-state index contributed by atoms with van der Waals surface area (Å²) in [5.74, 6) is -3.04.